The van der Waals surface area contributed by atoms with Crippen molar-refractivity contribution in [2.75, 3.05) is 6.61 Å². The molecule has 2 atom stereocenters. The van der Waals surface area contributed by atoms with Crippen LogP contribution < -0.4 is 4.74 Å². The van der Waals surface area contributed by atoms with E-state index in [-0.39, 0.29) is 53.4 Å². The van der Waals surface area contributed by atoms with Crippen molar-refractivity contribution in [3.63, 3.8) is 0 Å². The summed E-state index contributed by atoms with van der Waals surface area (Å²) < 4.78 is 58.8. The van der Waals surface area contributed by atoms with Crippen LogP contribution in [0.5, 0.6) is 5.88 Å². The van der Waals surface area contributed by atoms with Crippen molar-refractivity contribution in [1.29, 1.82) is 0 Å². The van der Waals surface area contributed by atoms with E-state index in [0.717, 1.165) is 30.5 Å². The number of aromatic nitrogens is 3. The second kappa shape index (κ2) is 12.1. The number of ether oxygens (including phenoxy) is 2. The van der Waals surface area contributed by atoms with Crippen molar-refractivity contribution in [3.8, 4) is 17.1 Å². The van der Waals surface area contributed by atoms with Crippen LogP contribution in [0.4, 0.5) is 13.2 Å². The number of carboxylic acids is 1. The van der Waals surface area contributed by atoms with Crippen molar-refractivity contribution in [2.24, 2.45) is 0 Å². The fourth-order valence-electron chi connectivity index (χ4n) is 5.66. The smallest absolute Gasteiger partial charge is 0.335 e. The van der Waals surface area contributed by atoms with Gasteiger partial charge in [-0.05, 0) is 80.3 Å². The van der Waals surface area contributed by atoms with Crippen LogP contribution in [0.25, 0.3) is 22.3 Å². The van der Waals surface area contributed by atoms with Crippen molar-refractivity contribution in [1.82, 2.24) is 14.5 Å². The van der Waals surface area contributed by atoms with Gasteiger partial charge < -0.3 is 19.1 Å². The first-order valence-electron chi connectivity index (χ1n) is 14.4. The molecule has 1 fully saturated rings. The maximum atomic E-state index is 15.6. The molecule has 1 aliphatic heterocycles. The molecule has 6 rings (SSSR count). The Morgan fingerprint density at radius 2 is 1.84 bits per heavy atom. The minimum Gasteiger partial charge on any atom is -0.478 e. The highest BCUT2D eigenvalue weighted by Gasteiger charge is 2.28. The number of halogens is 3. The van der Waals surface area contributed by atoms with E-state index in [2.05, 4.69) is 4.98 Å². The number of carbonyl (C=O) groups is 1. The fraction of sp³-hybridized carbons (Fsp3) is 0.265. The van der Waals surface area contributed by atoms with E-state index >= 15 is 8.78 Å². The second-order valence-electron chi connectivity index (χ2n) is 11.0. The van der Waals surface area contributed by atoms with Gasteiger partial charge in [-0.1, -0.05) is 18.2 Å². The van der Waals surface area contributed by atoms with Gasteiger partial charge in [0.05, 0.1) is 34.4 Å². The number of imidazole rings is 1. The summed E-state index contributed by atoms with van der Waals surface area (Å²) in [6, 6.07) is 16.2. The molecule has 0 radical (unpaired) electrons. The highest BCUT2D eigenvalue weighted by atomic mass is 19.1. The predicted octanol–water partition coefficient (Wildman–Crippen LogP) is 7.43. The number of fused-ring (bicyclic) bond motifs is 1. The van der Waals surface area contributed by atoms with Crippen LogP contribution in [0.15, 0.2) is 66.7 Å². The van der Waals surface area contributed by atoms with Crippen molar-refractivity contribution in [3.05, 3.63) is 112 Å². The third-order valence-corrected chi connectivity index (χ3v) is 7.99. The lowest BCUT2D eigenvalue weighted by atomic mass is 10.0. The Morgan fingerprint density at radius 3 is 2.59 bits per heavy atom. The SMILES string of the molecule is Cc1ccc(COc2cccc(-c3cc(F)c(Cc4nc5ccc(C(=O)O)cc5n4C(C)C4CCCO4)cc3F)n2)c(F)c1. The first kappa shape index (κ1) is 29.4. The topological polar surface area (TPSA) is 86.5 Å². The van der Waals surface area contributed by atoms with E-state index in [1.54, 1.807) is 49.4 Å². The third kappa shape index (κ3) is 5.90. The molecule has 5 aromatic rings. The molecular weight excluding hydrogens is 571 g/mol. The predicted molar refractivity (Wildman–Crippen MR) is 158 cm³/mol. The van der Waals surface area contributed by atoms with Gasteiger partial charge in [0.25, 0.3) is 0 Å². The Bertz CT molecular complexity index is 1870. The van der Waals surface area contributed by atoms with Crippen LogP contribution in [0.3, 0.4) is 0 Å². The molecular formula is C34H30F3N3O4. The van der Waals surface area contributed by atoms with E-state index in [1.807, 2.05) is 11.5 Å². The lowest BCUT2D eigenvalue weighted by Crippen LogP contribution is -2.23. The number of benzene rings is 3. The van der Waals surface area contributed by atoms with Crippen LogP contribution in [0.1, 0.15) is 58.7 Å². The first-order chi connectivity index (χ1) is 21.2. The normalized spacial score (nSPS) is 15.5. The standard InChI is InChI=1S/C34H30F3N3O4/c1-19-8-9-22(25(35)13-19)18-44-33-7-3-5-28(39-33)24-17-26(36)23(14-27(24)37)16-32-38-29-11-10-21(34(41)42)15-30(29)40(32)20(2)31-6-4-12-43-31/h3,5,7-11,13-15,17,20,31H,4,6,12,16,18H2,1-2H3,(H,41,42). The van der Waals surface area contributed by atoms with E-state index in [1.165, 1.54) is 12.1 Å². The van der Waals surface area contributed by atoms with Crippen LogP contribution in [-0.4, -0.2) is 38.3 Å². The zero-order valence-electron chi connectivity index (χ0n) is 24.2. The van der Waals surface area contributed by atoms with Crippen LogP contribution in [0.2, 0.25) is 0 Å². The first-order valence-corrected chi connectivity index (χ1v) is 14.4. The molecule has 0 saturated carbocycles. The number of rotatable bonds is 9. The van der Waals surface area contributed by atoms with Gasteiger partial charge in [0.2, 0.25) is 5.88 Å². The molecule has 2 aromatic heterocycles. The van der Waals surface area contributed by atoms with Gasteiger partial charge in [-0.15, -0.1) is 0 Å². The summed E-state index contributed by atoms with van der Waals surface area (Å²) >= 11 is 0. The zero-order valence-corrected chi connectivity index (χ0v) is 24.2. The van der Waals surface area contributed by atoms with Crippen LogP contribution >= 0.6 is 0 Å². The number of aryl methyl sites for hydroxylation is 1. The van der Waals surface area contributed by atoms with E-state index < -0.39 is 23.4 Å². The Hall–Kier alpha value is -4.70. The van der Waals surface area contributed by atoms with Gasteiger partial charge in [-0.3, -0.25) is 0 Å². The van der Waals surface area contributed by atoms with Gasteiger partial charge in [-0.25, -0.2) is 27.9 Å². The van der Waals surface area contributed by atoms with Gasteiger partial charge >= 0.3 is 5.97 Å². The highest BCUT2D eigenvalue weighted by molar-refractivity contribution is 5.92. The summed E-state index contributed by atoms with van der Waals surface area (Å²) in [4.78, 5) is 20.7. The number of hydrogen-bond acceptors (Lipinski definition) is 5. The molecule has 2 unspecified atom stereocenters. The van der Waals surface area contributed by atoms with E-state index in [9.17, 15) is 14.3 Å². The van der Waals surface area contributed by atoms with E-state index in [0.29, 0.717) is 29.0 Å². The molecule has 3 aromatic carbocycles. The Balaban J connectivity index is 1.30. The highest BCUT2D eigenvalue weighted by Crippen LogP contribution is 2.32. The molecule has 0 amide bonds. The molecule has 0 spiro atoms. The Kier molecular flexibility index (Phi) is 8.09. The number of carboxylic acid groups (broad SMARTS) is 1. The molecule has 226 valence electrons. The van der Waals surface area contributed by atoms with Crippen molar-refractivity contribution >= 4 is 17.0 Å². The minimum absolute atomic E-state index is 0.0319. The van der Waals surface area contributed by atoms with Crippen molar-refractivity contribution < 1.29 is 32.5 Å². The Labute approximate surface area is 251 Å². The summed E-state index contributed by atoms with van der Waals surface area (Å²) in [5.74, 6) is -2.19. The Morgan fingerprint density at radius 1 is 1.02 bits per heavy atom. The van der Waals surface area contributed by atoms with Crippen LogP contribution in [-0.2, 0) is 17.8 Å². The number of pyridine rings is 1. The zero-order chi connectivity index (χ0) is 31.0. The molecule has 1 N–H and O–H groups in total. The van der Waals surface area contributed by atoms with E-state index in [4.69, 9.17) is 14.5 Å². The number of aromatic carboxylic acids is 1. The third-order valence-electron chi connectivity index (χ3n) is 7.99. The molecule has 0 aliphatic carbocycles. The molecule has 3 heterocycles. The maximum Gasteiger partial charge on any atom is 0.335 e. The molecule has 44 heavy (non-hydrogen) atoms. The average Bonchev–Trinajstić information content (AvgIpc) is 3.66. The lowest BCUT2D eigenvalue weighted by Gasteiger charge is -2.23. The molecule has 10 heteroatoms. The quantitative estimate of drug-likeness (QED) is 0.189. The minimum atomic E-state index is -1.07. The van der Waals surface area contributed by atoms with Gasteiger partial charge in [0.15, 0.2) is 0 Å². The molecule has 0 bridgehead atoms. The summed E-state index contributed by atoms with van der Waals surface area (Å²) in [6.07, 6.45) is 1.58. The monoisotopic (exact) mass is 601 g/mol. The van der Waals surface area contributed by atoms with Crippen LogP contribution in [0, 0.1) is 24.4 Å². The largest absolute Gasteiger partial charge is 0.478 e. The number of hydrogen-bond donors (Lipinski definition) is 1. The summed E-state index contributed by atoms with van der Waals surface area (Å²) in [7, 11) is 0. The second-order valence-corrected chi connectivity index (χ2v) is 11.0. The summed E-state index contributed by atoms with van der Waals surface area (Å²) in [6.45, 7) is 4.30. The number of nitrogens with zero attached hydrogens (tertiary/aromatic N) is 3. The lowest BCUT2D eigenvalue weighted by molar-refractivity contribution is 0.0697. The van der Waals surface area contributed by atoms with Crippen molar-refractivity contribution in [2.45, 2.75) is 51.9 Å². The van der Waals surface area contributed by atoms with Gasteiger partial charge in [0.1, 0.15) is 29.9 Å². The maximum absolute atomic E-state index is 15.6. The fourth-order valence-corrected chi connectivity index (χ4v) is 5.66. The van der Waals surface area contributed by atoms with Gasteiger partial charge in [0, 0.05) is 30.2 Å². The molecule has 7 nitrogen and oxygen atoms in total. The molecule has 1 saturated heterocycles. The summed E-state index contributed by atoms with van der Waals surface area (Å²) in [5.41, 5.74) is 2.58. The average molecular weight is 602 g/mol. The summed E-state index contributed by atoms with van der Waals surface area (Å²) in [5, 5.41) is 9.56. The van der Waals surface area contributed by atoms with Gasteiger partial charge in [-0.2, -0.15) is 0 Å². The molecule has 1 aliphatic rings.